The van der Waals surface area contributed by atoms with Gasteiger partial charge in [0.05, 0.1) is 18.1 Å². The number of nitrogens with zero attached hydrogens (tertiary/aromatic N) is 4. The van der Waals surface area contributed by atoms with E-state index in [1.165, 1.54) is 0 Å². The van der Waals surface area contributed by atoms with Crippen LogP contribution in [-0.2, 0) is 9.84 Å². The lowest BCUT2D eigenvalue weighted by atomic mass is 10.3. The van der Waals surface area contributed by atoms with Crippen LogP contribution in [0, 0.1) is 0 Å². The van der Waals surface area contributed by atoms with E-state index in [4.69, 9.17) is 10.6 Å². The Morgan fingerprint density at radius 1 is 1.45 bits per heavy atom. The quantitative estimate of drug-likeness (QED) is 0.542. The van der Waals surface area contributed by atoms with E-state index in [1.807, 2.05) is 18.7 Å². The van der Waals surface area contributed by atoms with Gasteiger partial charge in [0.1, 0.15) is 0 Å². The van der Waals surface area contributed by atoms with Crippen molar-refractivity contribution in [3.05, 3.63) is 0 Å². The standard InChI is InChI=1S/C10H18N6O3S/c1-3-19-10-13-8(15-11)12-9(14-10)16-4-5-20(17,18)6-7(16)2/h7H,3-6,11H2,1-2H3,(H,12,13,14,15). The molecular formula is C10H18N6O3S. The van der Waals surface area contributed by atoms with Crippen molar-refractivity contribution in [2.75, 3.05) is 35.0 Å². The summed E-state index contributed by atoms with van der Waals surface area (Å²) in [7, 11) is -2.99. The highest BCUT2D eigenvalue weighted by atomic mass is 32.2. The number of nitrogens with one attached hydrogen (secondary N) is 1. The molecule has 3 N–H and O–H groups in total. The number of hydrogen-bond donors (Lipinski definition) is 2. The predicted molar refractivity (Wildman–Crippen MR) is 74.3 cm³/mol. The molecular weight excluding hydrogens is 284 g/mol. The minimum absolute atomic E-state index is 0.0774. The molecule has 0 spiro atoms. The second kappa shape index (κ2) is 5.75. The molecule has 20 heavy (non-hydrogen) atoms. The molecule has 0 radical (unpaired) electrons. The molecule has 1 fully saturated rings. The zero-order chi connectivity index (χ0) is 14.8. The van der Waals surface area contributed by atoms with Gasteiger partial charge in [0.15, 0.2) is 9.84 Å². The Hall–Kier alpha value is -1.68. The molecule has 9 nitrogen and oxygen atoms in total. The summed E-state index contributed by atoms with van der Waals surface area (Å²) in [5.74, 6) is 6.02. The molecule has 1 aliphatic rings. The van der Waals surface area contributed by atoms with Crippen molar-refractivity contribution in [2.24, 2.45) is 5.84 Å². The van der Waals surface area contributed by atoms with E-state index >= 15 is 0 Å². The SMILES string of the molecule is CCOc1nc(NN)nc(N2CCS(=O)(=O)CC2C)n1. The third-order valence-corrected chi connectivity index (χ3v) is 4.73. The molecule has 1 saturated heterocycles. The molecule has 112 valence electrons. The van der Waals surface area contributed by atoms with Gasteiger partial charge in [-0.05, 0) is 13.8 Å². The first-order valence-corrected chi connectivity index (χ1v) is 8.10. The average molecular weight is 302 g/mol. The molecule has 1 unspecified atom stereocenters. The molecule has 10 heteroatoms. The molecule has 1 aromatic rings. The van der Waals surface area contributed by atoms with Gasteiger partial charge in [-0.2, -0.15) is 15.0 Å². The number of hydrazine groups is 1. The fourth-order valence-corrected chi connectivity index (χ4v) is 3.58. The summed E-state index contributed by atoms with van der Waals surface area (Å²) in [4.78, 5) is 14.1. The Labute approximate surface area is 117 Å². The zero-order valence-corrected chi connectivity index (χ0v) is 12.2. The van der Waals surface area contributed by atoms with E-state index in [0.29, 0.717) is 19.1 Å². The Bertz CT molecular complexity index is 578. The minimum atomic E-state index is -2.99. The van der Waals surface area contributed by atoms with Crippen LogP contribution in [-0.4, -0.2) is 54.1 Å². The van der Waals surface area contributed by atoms with Crippen molar-refractivity contribution in [3.8, 4) is 6.01 Å². The first-order valence-electron chi connectivity index (χ1n) is 6.27. The van der Waals surface area contributed by atoms with Crippen molar-refractivity contribution >= 4 is 21.7 Å². The van der Waals surface area contributed by atoms with Crippen molar-refractivity contribution in [1.29, 1.82) is 0 Å². The number of ether oxygens (including phenoxy) is 1. The average Bonchev–Trinajstić information content (AvgIpc) is 2.37. The lowest BCUT2D eigenvalue weighted by molar-refractivity contribution is 0.311. The smallest absolute Gasteiger partial charge is 0.323 e. The Balaban J connectivity index is 2.29. The van der Waals surface area contributed by atoms with Crippen LogP contribution in [0.2, 0.25) is 0 Å². The van der Waals surface area contributed by atoms with Gasteiger partial charge in [0, 0.05) is 12.6 Å². The highest BCUT2D eigenvalue weighted by Gasteiger charge is 2.30. The lowest BCUT2D eigenvalue weighted by Crippen LogP contribution is -2.47. The van der Waals surface area contributed by atoms with Gasteiger partial charge in [0.25, 0.3) is 0 Å². The van der Waals surface area contributed by atoms with Gasteiger partial charge in [-0.1, -0.05) is 0 Å². The summed E-state index contributed by atoms with van der Waals surface area (Å²) >= 11 is 0. The summed E-state index contributed by atoms with van der Waals surface area (Å²) in [6.07, 6.45) is 0. The van der Waals surface area contributed by atoms with Crippen LogP contribution < -0.4 is 20.9 Å². The predicted octanol–water partition coefficient (Wildman–Crippen LogP) is -0.821. The number of sulfone groups is 1. The summed E-state index contributed by atoms with van der Waals surface area (Å²) in [5, 5.41) is 0. The summed E-state index contributed by atoms with van der Waals surface area (Å²) in [5.41, 5.74) is 2.35. The number of hydrogen-bond acceptors (Lipinski definition) is 9. The van der Waals surface area contributed by atoms with E-state index in [9.17, 15) is 8.42 Å². The normalized spacial score (nSPS) is 21.6. The van der Waals surface area contributed by atoms with Gasteiger partial charge in [0.2, 0.25) is 11.9 Å². The second-order valence-corrected chi connectivity index (χ2v) is 6.70. The lowest BCUT2D eigenvalue weighted by Gasteiger charge is -2.33. The highest BCUT2D eigenvalue weighted by Crippen LogP contribution is 2.20. The fourth-order valence-electron chi connectivity index (χ4n) is 2.03. The number of nitrogens with two attached hydrogens (primary N) is 1. The summed E-state index contributed by atoms with van der Waals surface area (Å²) < 4.78 is 28.4. The van der Waals surface area contributed by atoms with Crippen LogP contribution in [0.25, 0.3) is 0 Å². The van der Waals surface area contributed by atoms with Crippen molar-refractivity contribution < 1.29 is 13.2 Å². The molecule has 2 heterocycles. The van der Waals surface area contributed by atoms with Gasteiger partial charge >= 0.3 is 6.01 Å². The Morgan fingerprint density at radius 3 is 2.80 bits per heavy atom. The maximum absolute atomic E-state index is 11.6. The Morgan fingerprint density at radius 2 is 2.20 bits per heavy atom. The van der Waals surface area contributed by atoms with Crippen molar-refractivity contribution in [3.63, 3.8) is 0 Å². The zero-order valence-electron chi connectivity index (χ0n) is 11.4. The third kappa shape index (κ3) is 3.25. The molecule has 1 aromatic heterocycles. The fraction of sp³-hybridized carbons (Fsp3) is 0.700. The number of nitrogen functional groups attached to an aromatic ring is 1. The largest absolute Gasteiger partial charge is 0.464 e. The molecule has 0 aliphatic carbocycles. The molecule has 0 saturated carbocycles. The van der Waals surface area contributed by atoms with Gasteiger partial charge in [-0.15, -0.1) is 0 Å². The summed E-state index contributed by atoms with van der Waals surface area (Å²) in [6.45, 7) is 4.38. The topological polar surface area (TPSA) is 123 Å². The number of aromatic nitrogens is 3. The van der Waals surface area contributed by atoms with Gasteiger partial charge in [-0.25, -0.2) is 14.3 Å². The minimum Gasteiger partial charge on any atom is -0.464 e. The molecule has 1 atom stereocenters. The van der Waals surface area contributed by atoms with Crippen LogP contribution in [0.3, 0.4) is 0 Å². The molecule has 1 aliphatic heterocycles. The van der Waals surface area contributed by atoms with Crippen molar-refractivity contribution in [2.45, 2.75) is 19.9 Å². The van der Waals surface area contributed by atoms with Crippen LogP contribution in [0.1, 0.15) is 13.8 Å². The van der Waals surface area contributed by atoms with Gasteiger partial charge < -0.3 is 9.64 Å². The summed E-state index contributed by atoms with van der Waals surface area (Å²) in [6, 6.07) is -0.0534. The number of rotatable bonds is 4. The molecule has 2 rings (SSSR count). The van der Waals surface area contributed by atoms with Crippen LogP contribution in [0.4, 0.5) is 11.9 Å². The first kappa shape index (κ1) is 14.7. The van der Waals surface area contributed by atoms with Crippen LogP contribution in [0.5, 0.6) is 6.01 Å². The van der Waals surface area contributed by atoms with E-state index in [2.05, 4.69) is 20.4 Å². The van der Waals surface area contributed by atoms with E-state index in [0.717, 1.165) is 0 Å². The third-order valence-electron chi connectivity index (χ3n) is 2.93. The van der Waals surface area contributed by atoms with Crippen LogP contribution >= 0.6 is 0 Å². The maximum Gasteiger partial charge on any atom is 0.323 e. The maximum atomic E-state index is 11.6. The van der Waals surface area contributed by atoms with E-state index < -0.39 is 9.84 Å². The van der Waals surface area contributed by atoms with Gasteiger partial charge in [-0.3, -0.25) is 5.43 Å². The number of anilines is 2. The van der Waals surface area contributed by atoms with Crippen molar-refractivity contribution in [1.82, 2.24) is 15.0 Å². The molecule has 0 amide bonds. The molecule has 0 aromatic carbocycles. The monoisotopic (exact) mass is 302 g/mol. The van der Waals surface area contributed by atoms with E-state index in [-0.39, 0.29) is 29.5 Å². The second-order valence-electron chi connectivity index (χ2n) is 4.48. The highest BCUT2D eigenvalue weighted by molar-refractivity contribution is 7.91. The first-order chi connectivity index (χ1) is 9.45. The molecule has 0 bridgehead atoms. The van der Waals surface area contributed by atoms with Crippen LogP contribution in [0.15, 0.2) is 0 Å². The Kier molecular flexibility index (Phi) is 4.23. The van der Waals surface area contributed by atoms with E-state index in [1.54, 1.807) is 0 Å².